The van der Waals surface area contributed by atoms with E-state index >= 15 is 0 Å². The van der Waals surface area contributed by atoms with Crippen molar-refractivity contribution in [1.82, 2.24) is 30.2 Å². The summed E-state index contributed by atoms with van der Waals surface area (Å²) in [6.45, 7) is 10.2. The van der Waals surface area contributed by atoms with Crippen LogP contribution < -0.4 is 15.0 Å². The monoisotopic (exact) mass is 640 g/mol. The van der Waals surface area contributed by atoms with Crippen LogP contribution in [0.25, 0.3) is 44.8 Å². The number of nitro groups is 1. The number of piperazine rings is 1. The van der Waals surface area contributed by atoms with Crippen LogP contribution in [-0.2, 0) is 4.74 Å². The van der Waals surface area contributed by atoms with E-state index in [9.17, 15) is 14.9 Å². The number of rotatable bonds is 10. The molecule has 3 N–H and O–H groups in total. The Balaban J connectivity index is 1.12. The fourth-order valence-electron chi connectivity index (χ4n) is 5.53. The summed E-state index contributed by atoms with van der Waals surface area (Å²) in [5, 5.41) is 14.6. The average molecular weight is 641 g/mol. The van der Waals surface area contributed by atoms with Gasteiger partial charge in [0.15, 0.2) is 5.75 Å². The fourth-order valence-corrected chi connectivity index (χ4v) is 5.53. The number of imidazole rings is 2. The first kappa shape index (κ1) is 31.8. The quantitative estimate of drug-likeness (QED) is 0.0931. The van der Waals surface area contributed by atoms with E-state index in [-0.39, 0.29) is 18.0 Å². The number of aromatic amines is 2. The highest BCUT2D eigenvalue weighted by atomic mass is 16.6. The number of ether oxygens (including phenoxy) is 2. The lowest BCUT2D eigenvalue weighted by atomic mass is 10.2. The average Bonchev–Trinajstić information content (AvgIpc) is 3.66. The smallest absolute Gasteiger partial charge is 0.407 e. The molecule has 0 bridgehead atoms. The zero-order chi connectivity index (χ0) is 33.1. The highest BCUT2D eigenvalue weighted by molar-refractivity contribution is 5.87. The van der Waals surface area contributed by atoms with Gasteiger partial charge in [0.1, 0.15) is 17.2 Å². The van der Waals surface area contributed by atoms with E-state index in [1.807, 2.05) is 18.2 Å². The fraction of sp³-hybridized carbons (Fsp3) is 0.382. The first-order chi connectivity index (χ1) is 22.5. The molecule has 1 aliphatic heterocycles. The number of anilines is 1. The lowest BCUT2D eigenvalue weighted by Crippen LogP contribution is -2.44. The van der Waals surface area contributed by atoms with Gasteiger partial charge in [0.25, 0.3) is 0 Å². The second-order valence-corrected chi connectivity index (χ2v) is 12.8. The number of unbranched alkanes of at least 4 members (excludes halogenated alkanes) is 1. The molecule has 6 rings (SSSR count). The number of nitro benzene ring substituents is 1. The Kier molecular flexibility index (Phi) is 8.99. The molecule has 1 aliphatic rings. The SMILES string of the molecule is CN1CCN(c2ccc3nc(-c4ccc5nc(-c6ccc(OCCCCNC(=O)OC(C)(C)C)c([N+](=O)[O-])c6)[nH]c5c4)[nH]c3c2)CC1. The minimum absolute atomic E-state index is 0.145. The first-order valence-corrected chi connectivity index (χ1v) is 15.8. The summed E-state index contributed by atoms with van der Waals surface area (Å²) in [7, 11) is 2.15. The third-order valence-corrected chi connectivity index (χ3v) is 8.02. The summed E-state index contributed by atoms with van der Waals surface area (Å²) in [5.74, 6) is 1.45. The number of nitrogens with one attached hydrogen (secondary N) is 3. The molecule has 2 aromatic heterocycles. The number of nitrogens with zero attached hydrogens (tertiary/aromatic N) is 5. The van der Waals surface area contributed by atoms with E-state index in [2.05, 4.69) is 55.3 Å². The van der Waals surface area contributed by atoms with Crippen molar-refractivity contribution in [3.63, 3.8) is 0 Å². The molecule has 0 atom stereocenters. The summed E-state index contributed by atoms with van der Waals surface area (Å²) in [6, 6.07) is 17.0. The molecule has 246 valence electrons. The highest BCUT2D eigenvalue weighted by Gasteiger charge is 2.20. The van der Waals surface area contributed by atoms with Crippen LogP contribution in [0.5, 0.6) is 5.75 Å². The minimum Gasteiger partial charge on any atom is -0.487 e. The van der Waals surface area contributed by atoms with E-state index in [0.717, 1.165) is 59.6 Å². The number of carbonyl (C=O) groups excluding carboxylic acids is 1. The van der Waals surface area contributed by atoms with Gasteiger partial charge in [-0.1, -0.05) is 0 Å². The molecule has 47 heavy (non-hydrogen) atoms. The van der Waals surface area contributed by atoms with Crippen LogP contribution in [0.3, 0.4) is 0 Å². The predicted molar refractivity (Wildman–Crippen MR) is 182 cm³/mol. The van der Waals surface area contributed by atoms with E-state index in [1.165, 1.54) is 11.8 Å². The maximum Gasteiger partial charge on any atom is 0.407 e. The topological polar surface area (TPSA) is 155 Å². The molecule has 1 saturated heterocycles. The van der Waals surface area contributed by atoms with Crippen molar-refractivity contribution >= 4 is 39.5 Å². The number of hydrogen-bond donors (Lipinski definition) is 3. The number of aromatic nitrogens is 4. The minimum atomic E-state index is -0.561. The van der Waals surface area contributed by atoms with Crippen molar-refractivity contribution in [1.29, 1.82) is 0 Å². The molecular weight excluding hydrogens is 600 g/mol. The van der Waals surface area contributed by atoms with Gasteiger partial charge >= 0.3 is 11.8 Å². The number of alkyl carbamates (subject to hydrolysis) is 1. The Morgan fingerprint density at radius 1 is 0.915 bits per heavy atom. The lowest BCUT2D eigenvalue weighted by molar-refractivity contribution is -0.385. The molecule has 13 nitrogen and oxygen atoms in total. The number of hydrogen-bond acceptors (Lipinski definition) is 9. The van der Waals surface area contributed by atoms with Crippen molar-refractivity contribution in [2.45, 2.75) is 39.2 Å². The third-order valence-electron chi connectivity index (χ3n) is 8.02. The van der Waals surface area contributed by atoms with Crippen LogP contribution in [0.15, 0.2) is 54.6 Å². The summed E-state index contributed by atoms with van der Waals surface area (Å²) < 4.78 is 11.0. The van der Waals surface area contributed by atoms with Crippen LogP contribution in [0.2, 0.25) is 0 Å². The number of carbonyl (C=O) groups is 1. The number of amides is 1. The molecule has 0 radical (unpaired) electrons. The predicted octanol–water partition coefficient (Wildman–Crippen LogP) is 6.12. The Morgan fingerprint density at radius 2 is 1.55 bits per heavy atom. The van der Waals surface area contributed by atoms with Crippen molar-refractivity contribution in [2.75, 3.05) is 51.3 Å². The van der Waals surface area contributed by atoms with Crippen molar-refractivity contribution < 1.29 is 19.2 Å². The second kappa shape index (κ2) is 13.3. The standard InChI is InChI=1S/C34H40N8O5/c1-34(2,3)47-33(43)35-13-5-6-18-46-30-12-8-23(20-29(30)42(44)45)32-36-25-10-7-22(19-27(25)38-32)31-37-26-11-9-24(21-28(26)39-31)41-16-14-40(4)15-17-41/h7-12,19-21H,5-6,13-18H2,1-4H3,(H,35,43)(H,36,38)(H,37,39). The molecular formula is C34H40N8O5. The van der Waals surface area contributed by atoms with E-state index in [1.54, 1.807) is 32.9 Å². The summed E-state index contributed by atoms with van der Waals surface area (Å²) in [5.41, 5.74) is 5.36. The molecule has 0 spiro atoms. The summed E-state index contributed by atoms with van der Waals surface area (Å²) in [4.78, 5) is 44.3. The van der Waals surface area contributed by atoms with Crippen LogP contribution in [0.4, 0.5) is 16.2 Å². The van der Waals surface area contributed by atoms with Gasteiger partial charge in [-0.15, -0.1) is 0 Å². The van der Waals surface area contributed by atoms with Crippen molar-refractivity contribution in [2.24, 2.45) is 0 Å². The number of likely N-dealkylation sites (N-methyl/N-ethyl adjacent to an activating group) is 1. The molecule has 1 fully saturated rings. The molecule has 0 aliphatic carbocycles. The molecule has 3 heterocycles. The Labute approximate surface area is 272 Å². The highest BCUT2D eigenvalue weighted by Crippen LogP contribution is 2.33. The van der Waals surface area contributed by atoms with Crippen LogP contribution in [0, 0.1) is 10.1 Å². The maximum atomic E-state index is 11.9. The lowest BCUT2D eigenvalue weighted by Gasteiger charge is -2.34. The van der Waals surface area contributed by atoms with Crippen molar-refractivity contribution in [3.8, 4) is 28.5 Å². The van der Waals surface area contributed by atoms with Gasteiger partial charge in [-0.05, 0) is 89.2 Å². The first-order valence-electron chi connectivity index (χ1n) is 15.8. The zero-order valence-corrected chi connectivity index (χ0v) is 27.1. The van der Waals surface area contributed by atoms with Crippen LogP contribution >= 0.6 is 0 Å². The Bertz CT molecular complexity index is 1900. The van der Waals surface area contributed by atoms with E-state index in [4.69, 9.17) is 14.5 Å². The molecule has 0 unspecified atom stereocenters. The van der Waals surface area contributed by atoms with Gasteiger partial charge < -0.3 is 34.6 Å². The maximum absolute atomic E-state index is 11.9. The summed E-state index contributed by atoms with van der Waals surface area (Å²) in [6.07, 6.45) is 0.761. The van der Waals surface area contributed by atoms with Gasteiger partial charge in [0.2, 0.25) is 0 Å². The second-order valence-electron chi connectivity index (χ2n) is 12.8. The zero-order valence-electron chi connectivity index (χ0n) is 27.1. The van der Waals surface area contributed by atoms with Gasteiger partial charge in [-0.3, -0.25) is 10.1 Å². The normalized spacial score (nSPS) is 14.1. The van der Waals surface area contributed by atoms with Crippen LogP contribution in [0.1, 0.15) is 33.6 Å². The van der Waals surface area contributed by atoms with Crippen LogP contribution in [-0.4, -0.2) is 87.8 Å². The Morgan fingerprint density at radius 3 is 2.23 bits per heavy atom. The van der Waals surface area contributed by atoms with Crippen molar-refractivity contribution in [3.05, 3.63) is 64.7 Å². The number of H-pyrrole nitrogens is 2. The van der Waals surface area contributed by atoms with E-state index < -0.39 is 16.6 Å². The van der Waals surface area contributed by atoms with Gasteiger partial charge in [0, 0.05) is 55.6 Å². The summed E-state index contributed by atoms with van der Waals surface area (Å²) >= 11 is 0. The number of benzene rings is 3. The molecule has 1 amide bonds. The van der Waals surface area contributed by atoms with E-state index in [0.29, 0.717) is 30.8 Å². The molecule has 3 aromatic carbocycles. The van der Waals surface area contributed by atoms with Gasteiger partial charge in [-0.2, -0.15) is 0 Å². The van der Waals surface area contributed by atoms with Gasteiger partial charge in [0.05, 0.1) is 33.6 Å². The number of fused-ring (bicyclic) bond motifs is 2. The molecule has 5 aromatic rings. The Hall–Kier alpha value is -5.17. The third kappa shape index (κ3) is 7.63. The van der Waals surface area contributed by atoms with Gasteiger partial charge in [-0.25, -0.2) is 14.8 Å². The molecule has 0 saturated carbocycles. The molecule has 13 heteroatoms. The largest absolute Gasteiger partial charge is 0.487 e.